The van der Waals surface area contributed by atoms with Gasteiger partial charge in [0.2, 0.25) is 5.91 Å². The van der Waals surface area contributed by atoms with E-state index in [2.05, 4.69) is 33.1 Å². The fourth-order valence-electron chi connectivity index (χ4n) is 4.35. The molecular weight excluding hydrogens is 535 g/mol. The Bertz CT molecular complexity index is 757. The lowest BCUT2D eigenvalue weighted by molar-refractivity contribution is -0.122. The first kappa shape index (κ1) is 27.6. The lowest BCUT2D eigenvalue weighted by Crippen LogP contribution is -2.40. The molecule has 186 valence electrons. The Hall–Kier alpha value is -1.66. The maximum absolute atomic E-state index is 11.5. The van der Waals surface area contributed by atoms with E-state index < -0.39 is 0 Å². The molecule has 3 rings (SSSR count). The van der Waals surface area contributed by atoms with Crippen LogP contribution in [0, 0.1) is 11.8 Å². The second kappa shape index (κ2) is 14.6. The van der Waals surface area contributed by atoms with Gasteiger partial charge in [0.1, 0.15) is 5.82 Å². The summed E-state index contributed by atoms with van der Waals surface area (Å²) < 4.78 is 10.8. The molecule has 3 N–H and O–H groups in total. The number of nitrogens with one attached hydrogen (secondary N) is 1. The largest absolute Gasteiger partial charge is 0.382 e. The Labute approximate surface area is 214 Å². The van der Waals surface area contributed by atoms with Gasteiger partial charge in [0, 0.05) is 63.4 Å². The van der Waals surface area contributed by atoms with Crippen molar-refractivity contribution in [3.05, 3.63) is 23.9 Å². The number of carbonyl (C=O) groups excluding carboxylic acids is 1. The van der Waals surface area contributed by atoms with Gasteiger partial charge in [-0.05, 0) is 32.3 Å². The molecule has 1 aromatic heterocycles. The number of hydrogen-bond acceptors (Lipinski definition) is 6. The van der Waals surface area contributed by atoms with Crippen LogP contribution in [-0.2, 0) is 20.8 Å². The van der Waals surface area contributed by atoms with Crippen molar-refractivity contribution >= 4 is 41.7 Å². The molecule has 3 heterocycles. The molecule has 1 unspecified atom stereocenters. The van der Waals surface area contributed by atoms with Crippen LogP contribution in [0.4, 0.5) is 5.82 Å². The number of nitrogens with two attached hydrogens (primary N) is 1. The predicted octanol–water partition coefficient (Wildman–Crippen LogP) is 1.85. The van der Waals surface area contributed by atoms with Gasteiger partial charge in [-0.15, -0.1) is 24.0 Å². The third kappa shape index (κ3) is 8.25. The molecule has 1 amide bonds. The van der Waals surface area contributed by atoms with Crippen molar-refractivity contribution in [1.29, 1.82) is 0 Å². The van der Waals surface area contributed by atoms with Crippen LogP contribution < -0.4 is 16.0 Å². The van der Waals surface area contributed by atoms with Crippen LogP contribution in [0.15, 0.2) is 23.3 Å². The second-order valence-electron chi connectivity index (χ2n) is 8.49. The highest BCUT2D eigenvalue weighted by Crippen LogP contribution is 2.25. The zero-order valence-corrected chi connectivity index (χ0v) is 22.2. The Morgan fingerprint density at radius 2 is 2.06 bits per heavy atom. The minimum Gasteiger partial charge on any atom is -0.382 e. The number of likely N-dealkylation sites (tertiary alicyclic amines) is 1. The molecule has 1 atom stereocenters. The Morgan fingerprint density at radius 1 is 1.27 bits per heavy atom. The van der Waals surface area contributed by atoms with E-state index in [1.54, 1.807) is 7.11 Å². The van der Waals surface area contributed by atoms with Crippen molar-refractivity contribution in [2.24, 2.45) is 22.6 Å². The standard InChI is InChI=1S/C23H38N6O3.HI/c1-3-25-23(29-10-6-18(16-29)17-32-14-13-31-2)27-15-20-5-4-9-26-22(20)28-11-7-19(8-12-28)21(24)30;/h4-5,9,18-19H,3,6-8,10-17H2,1-2H3,(H2,24,30)(H,25,27);1H. The highest BCUT2D eigenvalue weighted by molar-refractivity contribution is 14.0. The number of rotatable bonds is 10. The summed E-state index contributed by atoms with van der Waals surface area (Å²) in [5.74, 6) is 2.18. The van der Waals surface area contributed by atoms with Gasteiger partial charge in [0.25, 0.3) is 0 Å². The number of aliphatic imine (C=N–C) groups is 1. The fraction of sp³-hybridized carbons (Fsp3) is 0.696. The van der Waals surface area contributed by atoms with Crippen LogP contribution >= 0.6 is 24.0 Å². The van der Waals surface area contributed by atoms with Gasteiger partial charge in [0.05, 0.1) is 26.4 Å². The van der Waals surface area contributed by atoms with E-state index >= 15 is 0 Å². The highest BCUT2D eigenvalue weighted by Gasteiger charge is 2.26. The van der Waals surface area contributed by atoms with E-state index in [0.29, 0.717) is 25.7 Å². The van der Waals surface area contributed by atoms with E-state index in [9.17, 15) is 4.79 Å². The number of carbonyl (C=O) groups is 1. The average Bonchev–Trinajstić information content (AvgIpc) is 3.28. The van der Waals surface area contributed by atoms with E-state index in [1.807, 2.05) is 12.3 Å². The summed E-state index contributed by atoms with van der Waals surface area (Å²) in [6.45, 7) is 9.01. The lowest BCUT2D eigenvalue weighted by Gasteiger charge is -2.32. The molecule has 2 fully saturated rings. The van der Waals surface area contributed by atoms with Crippen LogP contribution in [0.3, 0.4) is 0 Å². The van der Waals surface area contributed by atoms with Crippen molar-refractivity contribution in [3.8, 4) is 0 Å². The summed E-state index contributed by atoms with van der Waals surface area (Å²) >= 11 is 0. The number of anilines is 1. The normalized spacial score (nSPS) is 19.5. The molecule has 9 nitrogen and oxygen atoms in total. The van der Waals surface area contributed by atoms with E-state index in [1.165, 1.54) is 0 Å². The minimum atomic E-state index is -0.196. The topological polar surface area (TPSA) is 105 Å². The molecule has 0 aromatic carbocycles. The predicted molar refractivity (Wildman–Crippen MR) is 141 cm³/mol. The SMILES string of the molecule is CCNC(=NCc1cccnc1N1CCC(C(N)=O)CC1)N1CCC(COCCOC)C1.I. The van der Waals surface area contributed by atoms with Crippen LogP contribution in [0.2, 0.25) is 0 Å². The zero-order valence-electron chi connectivity index (χ0n) is 19.9. The number of ether oxygens (including phenoxy) is 2. The highest BCUT2D eigenvalue weighted by atomic mass is 127. The maximum atomic E-state index is 11.5. The Morgan fingerprint density at radius 3 is 2.76 bits per heavy atom. The van der Waals surface area contributed by atoms with Crippen LogP contribution in [0.1, 0.15) is 31.7 Å². The molecule has 0 radical (unpaired) electrons. The lowest BCUT2D eigenvalue weighted by atomic mass is 9.96. The Kier molecular flexibility index (Phi) is 12.2. The summed E-state index contributed by atoms with van der Waals surface area (Å²) in [5, 5.41) is 3.44. The smallest absolute Gasteiger partial charge is 0.220 e. The van der Waals surface area contributed by atoms with Crippen LogP contribution in [0.5, 0.6) is 0 Å². The van der Waals surface area contributed by atoms with E-state index in [-0.39, 0.29) is 35.8 Å². The molecule has 2 aliphatic heterocycles. The van der Waals surface area contributed by atoms with Crippen molar-refractivity contribution in [2.75, 3.05) is 64.6 Å². The Balaban J connectivity index is 0.00000385. The van der Waals surface area contributed by atoms with Crippen molar-refractivity contribution in [1.82, 2.24) is 15.2 Å². The van der Waals surface area contributed by atoms with Gasteiger partial charge in [-0.2, -0.15) is 0 Å². The van der Waals surface area contributed by atoms with Gasteiger partial charge in [-0.1, -0.05) is 6.07 Å². The molecule has 0 saturated carbocycles. The molecule has 0 bridgehead atoms. The summed E-state index contributed by atoms with van der Waals surface area (Å²) in [6.07, 6.45) is 4.48. The number of pyridine rings is 1. The average molecular weight is 575 g/mol. The molecule has 0 aliphatic carbocycles. The fourth-order valence-corrected chi connectivity index (χ4v) is 4.35. The molecule has 0 spiro atoms. The van der Waals surface area contributed by atoms with Crippen molar-refractivity contribution in [2.45, 2.75) is 32.7 Å². The summed E-state index contributed by atoms with van der Waals surface area (Å²) in [5.41, 5.74) is 6.58. The molecule has 2 aliphatic rings. The summed E-state index contributed by atoms with van der Waals surface area (Å²) in [7, 11) is 1.69. The van der Waals surface area contributed by atoms with Crippen LogP contribution in [-0.4, -0.2) is 81.4 Å². The molecule has 33 heavy (non-hydrogen) atoms. The summed E-state index contributed by atoms with van der Waals surface area (Å²) in [6, 6.07) is 4.05. The number of guanidine groups is 1. The first-order chi connectivity index (χ1) is 15.6. The molecular formula is C23H39IN6O3. The van der Waals surface area contributed by atoms with Gasteiger partial charge in [0.15, 0.2) is 5.96 Å². The van der Waals surface area contributed by atoms with Crippen molar-refractivity contribution < 1.29 is 14.3 Å². The number of primary amides is 1. The minimum absolute atomic E-state index is 0. The number of hydrogen-bond donors (Lipinski definition) is 2. The number of nitrogens with zero attached hydrogens (tertiary/aromatic N) is 4. The second-order valence-corrected chi connectivity index (χ2v) is 8.49. The zero-order chi connectivity index (χ0) is 22.8. The number of halogens is 1. The first-order valence-corrected chi connectivity index (χ1v) is 11.7. The number of methoxy groups -OCH3 is 1. The monoisotopic (exact) mass is 574 g/mol. The summed E-state index contributed by atoms with van der Waals surface area (Å²) in [4.78, 5) is 25.6. The van der Waals surface area contributed by atoms with Gasteiger partial charge in [-0.3, -0.25) is 4.79 Å². The number of piperidine rings is 1. The molecule has 2 saturated heterocycles. The van der Waals surface area contributed by atoms with Crippen LogP contribution in [0.25, 0.3) is 0 Å². The third-order valence-corrected chi connectivity index (χ3v) is 6.17. The van der Waals surface area contributed by atoms with Gasteiger partial charge in [-0.25, -0.2) is 9.98 Å². The van der Waals surface area contributed by atoms with Crippen molar-refractivity contribution in [3.63, 3.8) is 0 Å². The third-order valence-electron chi connectivity index (χ3n) is 6.17. The van der Waals surface area contributed by atoms with E-state index in [4.69, 9.17) is 20.2 Å². The van der Waals surface area contributed by atoms with Gasteiger partial charge >= 0.3 is 0 Å². The quantitative estimate of drug-likeness (QED) is 0.190. The number of amides is 1. The first-order valence-electron chi connectivity index (χ1n) is 11.7. The molecule has 1 aromatic rings. The maximum Gasteiger partial charge on any atom is 0.220 e. The number of aromatic nitrogens is 1. The van der Waals surface area contributed by atoms with Gasteiger partial charge < -0.3 is 30.3 Å². The molecule has 10 heteroatoms. The van der Waals surface area contributed by atoms with E-state index in [0.717, 1.165) is 75.9 Å².